The molecule has 2 heterocycles. The van der Waals surface area contributed by atoms with E-state index in [1.807, 2.05) is 31.2 Å². The van der Waals surface area contributed by atoms with E-state index in [9.17, 15) is 0 Å². The van der Waals surface area contributed by atoms with Crippen LogP contribution in [0, 0.1) is 5.92 Å². The summed E-state index contributed by atoms with van der Waals surface area (Å²) < 4.78 is 16.5. The van der Waals surface area contributed by atoms with Gasteiger partial charge in [0.15, 0.2) is 0 Å². The molecule has 1 aliphatic carbocycles. The smallest absolute Gasteiger partial charge is 0.241 e. The van der Waals surface area contributed by atoms with Crippen molar-refractivity contribution in [2.45, 2.75) is 38.8 Å². The van der Waals surface area contributed by atoms with Gasteiger partial charge in [-0.25, -0.2) is 0 Å². The lowest BCUT2D eigenvalue weighted by atomic mass is 10.1. The Kier molecular flexibility index (Phi) is 4.99. The number of nitrogens with zero attached hydrogens (tertiary/aromatic N) is 3. The van der Waals surface area contributed by atoms with Crippen LogP contribution in [0.3, 0.4) is 0 Å². The van der Waals surface area contributed by atoms with E-state index in [4.69, 9.17) is 14.0 Å². The van der Waals surface area contributed by atoms with Crippen molar-refractivity contribution in [1.82, 2.24) is 15.0 Å². The molecule has 0 spiro atoms. The Balaban J connectivity index is 1.41. The highest BCUT2D eigenvalue weighted by Gasteiger charge is 2.32. The SMILES string of the molecule is CCOc1ccc(-c2noc(CN(C[C@H]3CCOC3)C3CC3)n2)cc1. The van der Waals surface area contributed by atoms with Crippen molar-refractivity contribution in [3.63, 3.8) is 0 Å². The van der Waals surface area contributed by atoms with Gasteiger partial charge in [0.05, 0.1) is 19.8 Å². The molecular formula is C19H25N3O3. The first-order valence-electron chi connectivity index (χ1n) is 9.19. The first-order valence-corrected chi connectivity index (χ1v) is 9.19. The van der Waals surface area contributed by atoms with Gasteiger partial charge in [0.25, 0.3) is 0 Å². The van der Waals surface area contributed by atoms with E-state index >= 15 is 0 Å². The van der Waals surface area contributed by atoms with Crippen molar-refractivity contribution in [2.75, 3.05) is 26.4 Å². The molecule has 2 aliphatic rings. The van der Waals surface area contributed by atoms with E-state index in [0.29, 0.717) is 30.3 Å². The summed E-state index contributed by atoms with van der Waals surface area (Å²) in [6.45, 7) is 6.20. The zero-order valence-corrected chi connectivity index (χ0v) is 14.7. The molecule has 0 bridgehead atoms. The van der Waals surface area contributed by atoms with E-state index in [2.05, 4.69) is 15.0 Å². The molecule has 1 aromatic carbocycles. The van der Waals surface area contributed by atoms with Crippen LogP contribution in [0.2, 0.25) is 0 Å². The van der Waals surface area contributed by atoms with Gasteiger partial charge in [-0.2, -0.15) is 4.98 Å². The molecule has 134 valence electrons. The minimum absolute atomic E-state index is 0.633. The summed E-state index contributed by atoms with van der Waals surface area (Å²) in [4.78, 5) is 7.07. The van der Waals surface area contributed by atoms with Gasteiger partial charge in [0.1, 0.15) is 5.75 Å². The summed E-state index contributed by atoms with van der Waals surface area (Å²) in [6, 6.07) is 8.47. The van der Waals surface area contributed by atoms with Crippen molar-refractivity contribution >= 4 is 0 Å². The summed E-state index contributed by atoms with van der Waals surface area (Å²) in [7, 11) is 0. The van der Waals surface area contributed by atoms with Crippen LogP contribution in [0.5, 0.6) is 5.75 Å². The molecule has 0 N–H and O–H groups in total. The van der Waals surface area contributed by atoms with Gasteiger partial charge >= 0.3 is 0 Å². The molecule has 4 rings (SSSR count). The van der Waals surface area contributed by atoms with Crippen molar-refractivity contribution in [3.8, 4) is 17.1 Å². The zero-order valence-electron chi connectivity index (χ0n) is 14.7. The Morgan fingerprint density at radius 2 is 2.04 bits per heavy atom. The van der Waals surface area contributed by atoms with Gasteiger partial charge < -0.3 is 14.0 Å². The van der Waals surface area contributed by atoms with E-state index in [1.54, 1.807) is 0 Å². The normalized spacial score (nSPS) is 20.3. The molecule has 1 aromatic heterocycles. The first-order chi connectivity index (χ1) is 12.3. The summed E-state index contributed by atoms with van der Waals surface area (Å²) >= 11 is 0. The third-order valence-electron chi connectivity index (χ3n) is 4.81. The van der Waals surface area contributed by atoms with Crippen molar-refractivity contribution in [1.29, 1.82) is 0 Å². The molecule has 1 saturated heterocycles. The van der Waals surface area contributed by atoms with Crippen LogP contribution in [-0.4, -0.2) is 47.4 Å². The van der Waals surface area contributed by atoms with Crippen molar-refractivity contribution in [3.05, 3.63) is 30.2 Å². The maximum Gasteiger partial charge on any atom is 0.241 e. The monoisotopic (exact) mass is 343 g/mol. The summed E-state index contributed by atoms with van der Waals surface area (Å²) in [6.07, 6.45) is 3.70. The topological polar surface area (TPSA) is 60.6 Å². The van der Waals surface area contributed by atoms with Crippen molar-refractivity contribution < 1.29 is 14.0 Å². The number of ether oxygens (including phenoxy) is 2. The number of rotatable bonds is 8. The molecule has 1 atom stereocenters. The highest BCUT2D eigenvalue weighted by Crippen LogP contribution is 2.30. The van der Waals surface area contributed by atoms with Gasteiger partial charge in [0, 0.05) is 24.8 Å². The average Bonchev–Trinajstić information content (AvgIpc) is 3.15. The predicted octanol–water partition coefficient (Wildman–Crippen LogP) is 3.14. The third-order valence-corrected chi connectivity index (χ3v) is 4.81. The zero-order chi connectivity index (χ0) is 17.1. The lowest BCUT2D eigenvalue weighted by Crippen LogP contribution is -2.31. The molecule has 25 heavy (non-hydrogen) atoms. The van der Waals surface area contributed by atoms with Crippen LogP contribution >= 0.6 is 0 Å². The second kappa shape index (κ2) is 7.54. The lowest BCUT2D eigenvalue weighted by Gasteiger charge is -2.22. The third kappa shape index (κ3) is 4.19. The van der Waals surface area contributed by atoms with Gasteiger partial charge in [-0.3, -0.25) is 4.90 Å². The Labute approximate surface area is 148 Å². The standard InChI is InChI=1S/C19H25N3O3/c1-2-24-17-7-3-15(4-8-17)19-20-18(25-21-19)12-22(16-5-6-16)11-14-9-10-23-13-14/h3-4,7-8,14,16H,2,5-6,9-13H2,1H3/t14-/m1/s1. The average molecular weight is 343 g/mol. The molecule has 2 fully saturated rings. The van der Waals surface area contributed by atoms with E-state index in [1.165, 1.54) is 12.8 Å². The maximum absolute atomic E-state index is 5.51. The van der Waals surface area contributed by atoms with Crippen LogP contribution in [0.15, 0.2) is 28.8 Å². The number of hydrogen-bond donors (Lipinski definition) is 0. The minimum Gasteiger partial charge on any atom is -0.494 e. The molecule has 6 nitrogen and oxygen atoms in total. The molecule has 2 aromatic rings. The highest BCUT2D eigenvalue weighted by molar-refractivity contribution is 5.55. The first kappa shape index (κ1) is 16.5. The summed E-state index contributed by atoms with van der Waals surface area (Å²) in [5.41, 5.74) is 0.945. The number of aromatic nitrogens is 2. The quantitative estimate of drug-likeness (QED) is 0.734. The lowest BCUT2D eigenvalue weighted by molar-refractivity contribution is 0.153. The molecule has 6 heteroatoms. The Hall–Kier alpha value is -1.92. The molecule has 1 saturated carbocycles. The highest BCUT2D eigenvalue weighted by atomic mass is 16.5. The van der Waals surface area contributed by atoms with Crippen LogP contribution in [0.1, 0.15) is 32.1 Å². The number of hydrogen-bond acceptors (Lipinski definition) is 6. The van der Waals surface area contributed by atoms with E-state index in [-0.39, 0.29) is 0 Å². The Morgan fingerprint density at radius 1 is 1.20 bits per heavy atom. The van der Waals surface area contributed by atoms with Gasteiger partial charge in [-0.05, 0) is 56.4 Å². The van der Waals surface area contributed by atoms with Crippen LogP contribution in [0.4, 0.5) is 0 Å². The molecule has 0 radical (unpaired) electrons. The van der Waals surface area contributed by atoms with Gasteiger partial charge in [0.2, 0.25) is 11.7 Å². The predicted molar refractivity (Wildman–Crippen MR) is 93.3 cm³/mol. The largest absolute Gasteiger partial charge is 0.494 e. The van der Waals surface area contributed by atoms with E-state index in [0.717, 1.165) is 44.0 Å². The van der Waals surface area contributed by atoms with Crippen molar-refractivity contribution in [2.24, 2.45) is 5.92 Å². The fourth-order valence-corrected chi connectivity index (χ4v) is 3.32. The molecule has 0 amide bonds. The fourth-order valence-electron chi connectivity index (χ4n) is 3.32. The van der Waals surface area contributed by atoms with Gasteiger partial charge in [-0.1, -0.05) is 5.16 Å². The summed E-state index contributed by atoms with van der Waals surface area (Å²) in [5.74, 6) is 2.82. The molecule has 1 aliphatic heterocycles. The van der Waals surface area contributed by atoms with Crippen LogP contribution in [0.25, 0.3) is 11.4 Å². The van der Waals surface area contributed by atoms with Crippen LogP contribution < -0.4 is 4.74 Å². The van der Waals surface area contributed by atoms with E-state index < -0.39 is 0 Å². The van der Waals surface area contributed by atoms with Crippen LogP contribution in [-0.2, 0) is 11.3 Å². The summed E-state index contributed by atoms with van der Waals surface area (Å²) in [5, 5.41) is 4.15. The second-order valence-electron chi connectivity index (χ2n) is 6.86. The second-order valence-corrected chi connectivity index (χ2v) is 6.86. The maximum atomic E-state index is 5.51. The Morgan fingerprint density at radius 3 is 2.72 bits per heavy atom. The molecule has 0 unspecified atom stereocenters. The Bertz CT molecular complexity index is 675. The fraction of sp³-hybridized carbons (Fsp3) is 0.579. The molecular weight excluding hydrogens is 318 g/mol. The minimum atomic E-state index is 0.633. The number of benzene rings is 1. The van der Waals surface area contributed by atoms with Gasteiger partial charge in [-0.15, -0.1) is 0 Å².